The van der Waals surface area contributed by atoms with E-state index in [0.29, 0.717) is 12.6 Å². The third-order valence-corrected chi connectivity index (χ3v) is 4.82. The molecule has 0 fully saturated rings. The monoisotopic (exact) mass is 278 g/mol. The summed E-state index contributed by atoms with van der Waals surface area (Å²) in [5.41, 5.74) is 6.27. The lowest BCUT2D eigenvalue weighted by molar-refractivity contribution is -0.125. The van der Waals surface area contributed by atoms with Gasteiger partial charge in [-0.05, 0) is 44.1 Å². The van der Waals surface area contributed by atoms with E-state index in [1.165, 1.54) is 16.9 Å². The number of hydrogen-bond acceptors (Lipinski definition) is 3. The van der Waals surface area contributed by atoms with Crippen molar-refractivity contribution in [1.29, 1.82) is 0 Å². The highest BCUT2D eigenvalue weighted by Gasteiger charge is 2.27. The molecule has 0 saturated carbocycles. The van der Waals surface area contributed by atoms with Crippen LogP contribution in [0.25, 0.3) is 0 Å². The van der Waals surface area contributed by atoms with Crippen LogP contribution in [0.3, 0.4) is 0 Å². The maximum Gasteiger partial charge on any atom is 0.224 e. The Morgan fingerprint density at radius 3 is 2.95 bits per heavy atom. The molecule has 104 valence electrons. The van der Waals surface area contributed by atoms with Crippen LogP contribution in [0.2, 0.25) is 0 Å². The maximum absolute atomic E-state index is 11.4. The number of nitrogens with two attached hydrogens (primary N) is 1. The average molecular weight is 278 g/mol. The molecular formula is C15H22N2OS. The van der Waals surface area contributed by atoms with E-state index in [-0.39, 0.29) is 5.91 Å². The van der Waals surface area contributed by atoms with Gasteiger partial charge in [0.25, 0.3) is 0 Å². The Morgan fingerprint density at radius 1 is 1.47 bits per heavy atom. The smallest absolute Gasteiger partial charge is 0.224 e. The van der Waals surface area contributed by atoms with Crippen LogP contribution in [0.4, 0.5) is 0 Å². The molecule has 0 spiro atoms. The van der Waals surface area contributed by atoms with Gasteiger partial charge in [0.15, 0.2) is 0 Å². The Hall–Kier alpha value is -1.00. The second-order valence-electron chi connectivity index (χ2n) is 5.71. The number of rotatable bonds is 4. The van der Waals surface area contributed by atoms with Gasteiger partial charge in [0.1, 0.15) is 0 Å². The highest BCUT2D eigenvalue weighted by molar-refractivity contribution is 7.99. The van der Waals surface area contributed by atoms with E-state index in [2.05, 4.69) is 29.6 Å². The summed E-state index contributed by atoms with van der Waals surface area (Å²) >= 11 is 1.92. The number of fused-ring (bicyclic) bond motifs is 1. The molecule has 0 aliphatic carbocycles. The Kier molecular flexibility index (Phi) is 4.53. The first-order chi connectivity index (χ1) is 9.00. The number of hydrogen-bond donors (Lipinski definition) is 2. The fourth-order valence-electron chi connectivity index (χ4n) is 2.20. The van der Waals surface area contributed by atoms with Gasteiger partial charge in [-0.1, -0.05) is 18.2 Å². The molecule has 0 aromatic heterocycles. The molecule has 1 amide bonds. The van der Waals surface area contributed by atoms with Crippen LogP contribution in [-0.2, 0) is 4.79 Å². The summed E-state index contributed by atoms with van der Waals surface area (Å²) in [4.78, 5) is 12.7. The van der Waals surface area contributed by atoms with Gasteiger partial charge in [-0.15, -0.1) is 11.8 Å². The number of carbonyl (C=O) groups is 1. The minimum absolute atomic E-state index is 0.253. The second-order valence-corrected chi connectivity index (χ2v) is 6.85. The zero-order valence-corrected chi connectivity index (χ0v) is 12.4. The number of thioether (sulfide) groups is 1. The zero-order chi connectivity index (χ0) is 13.9. The van der Waals surface area contributed by atoms with Crippen molar-refractivity contribution in [3.05, 3.63) is 29.8 Å². The Bertz CT molecular complexity index is 459. The molecule has 1 atom stereocenters. The van der Waals surface area contributed by atoms with Gasteiger partial charge in [-0.2, -0.15) is 0 Å². The molecular weight excluding hydrogens is 256 g/mol. The van der Waals surface area contributed by atoms with E-state index in [9.17, 15) is 4.79 Å². The highest BCUT2D eigenvalue weighted by Crippen LogP contribution is 2.34. The highest BCUT2D eigenvalue weighted by atomic mass is 32.2. The number of primary amides is 1. The van der Waals surface area contributed by atoms with Crippen molar-refractivity contribution in [3.8, 4) is 0 Å². The van der Waals surface area contributed by atoms with E-state index in [1.54, 1.807) is 0 Å². The number of amides is 1. The maximum atomic E-state index is 11.4. The molecule has 2 rings (SSSR count). The van der Waals surface area contributed by atoms with Gasteiger partial charge in [0.05, 0.1) is 5.41 Å². The lowest BCUT2D eigenvalue weighted by Crippen LogP contribution is -2.41. The Morgan fingerprint density at radius 2 is 2.21 bits per heavy atom. The molecule has 0 saturated heterocycles. The summed E-state index contributed by atoms with van der Waals surface area (Å²) in [5.74, 6) is 0.908. The summed E-state index contributed by atoms with van der Waals surface area (Å²) in [5, 5.41) is 3.53. The van der Waals surface area contributed by atoms with Gasteiger partial charge in [-0.25, -0.2) is 0 Å². The molecule has 1 aromatic rings. The number of nitrogens with one attached hydrogen (secondary N) is 1. The minimum atomic E-state index is -0.506. The van der Waals surface area contributed by atoms with E-state index in [1.807, 2.05) is 25.6 Å². The Balaban J connectivity index is 2.10. The zero-order valence-electron chi connectivity index (χ0n) is 11.6. The van der Waals surface area contributed by atoms with Crippen LogP contribution in [0.5, 0.6) is 0 Å². The summed E-state index contributed by atoms with van der Waals surface area (Å²) in [7, 11) is 0. The SMILES string of the molecule is CC(C)(CN[C@H]1CCCSc2ccccc21)C(N)=O. The van der Waals surface area contributed by atoms with E-state index >= 15 is 0 Å². The molecule has 0 unspecified atom stereocenters. The standard InChI is InChI=1S/C15H22N2OS/c1-15(2,14(16)18)10-17-12-7-5-9-19-13-8-4-3-6-11(12)13/h3-4,6,8,12,17H,5,7,9-10H2,1-2H3,(H2,16,18)/t12-/m0/s1. The van der Waals surface area contributed by atoms with Crippen molar-refractivity contribution in [3.63, 3.8) is 0 Å². The first-order valence-electron chi connectivity index (χ1n) is 6.76. The Labute approximate surface area is 119 Å². The molecule has 0 bridgehead atoms. The average Bonchev–Trinajstić information content (AvgIpc) is 2.58. The predicted molar refractivity (Wildman–Crippen MR) is 80.1 cm³/mol. The minimum Gasteiger partial charge on any atom is -0.369 e. The van der Waals surface area contributed by atoms with Crippen LogP contribution >= 0.6 is 11.8 Å². The molecule has 1 aromatic carbocycles. The molecule has 3 nitrogen and oxygen atoms in total. The molecule has 1 aliphatic heterocycles. The summed E-state index contributed by atoms with van der Waals surface area (Å²) in [6, 6.07) is 8.85. The predicted octanol–water partition coefficient (Wildman–Crippen LogP) is 2.71. The van der Waals surface area contributed by atoms with Gasteiger partial charge < -0.3 is 11.1 Å². The van der Waals surface area contributed by atoms with Crippen molar-refractivity contribution in [2.75, 3.05) is 12.3 Å². The van der Waals surface area contributed by atoms with Crippen LogP contribution in [0.15, 0.2) is 29.2 Å². The molecule has 3 N–H and O–H groups in total. The second kappa shape index (κ2) is 5.97. The third kappa shape index (κ3) is 3.51. The fourth-order valence-corrected chi connectivity index (χ4v) is 3.29. The van der Waals surface area contributed by atoms with Gasteiger partial charge in [-0.3, -0.25) is 4.79 Å². The molecule has 4 heteroatoms. The molecule has 19 heavy (non-hydrogen) atoms. The van der Waals surface area contributed by atoms with Crippen LogP contribution in [-0.4, -0.2) is 18.2 Å². The lowest BCUT2D eigenvalue weighted by Gasteiger charge is -2.26. The van der Waals surface area contributed by atoms with Gasteiger partial charge in [0, 0.05) is 17.5 Å². The third-order valence-electron chi connectivity index (χ3n) is 3.65. The fraction of sp³-hybridized carbons (Fsp3) is 0.533. The van der Waals surface area contributed by atoms with Crippen molar-refractivity contribution < 1.29 is 4.79 Å². The molecule has 1 heterocycles. The van der Waals surface area contributed by atoms with Crippen molar-refractivity contribution in [1.82, 2.24) is 5.32 Å². The summed E-state index contributed by atoms with van der Waals surface area (Å²) in [6.45, 7) is 4.39. The first kappa shape index (κ1) is 14.4. The van der Waals surface area contributed by atoms with Crippen molar-refractivity contribution in [2.45, 2.75) is 37.6 Å². The van der Waals surface area contributed by atoms with E-state index < -0.39 is 5.41 Å². The lowest BCUT2D eigenvalue weighted by atomic mass is 9.91. The normalized spacial score (nSPS) is 19.6. The molecule has 0 radical (unpaired) electrons. The number of benzene rings is 1. The quantitative estimate of drug-likeness (QED) is 0.890. The topological polar surface area (TPSA) is 55.1 Å². The van der Waals surface area contributed by atoms with Crippen molar-refractivity contribution >= 4 is 17.7 Å². The largest absolute Gasteiger partial charge is 0.369 e. The van der Waals surface area contributed by atoms with E-state index in [4.69, 9.17) is 5.73 Å². The van der Waals surface area contributed by atoms with Gasteiger partial charge in [0.2, 0.25) is 5.91 Å². The van der Waals surface area contributed by atoms with Crippen LogP contribution < -0.4 is 11.1 Å². The van der Waals surface area contributed by atoms with Crippen molar-refractivity contribution in [2.24, 2.45) is 11.1 Å². The van der Waals surface area contributed by atoms with E-state index in [0.717, 1.165) is 12.2 Å². The summed E-state index contributed by atoms with van der Waals surface area (Å²) < 4.78 is 0. The first-order valence-corrected chi connectivity index (χ1v) is 7.74. The van der Waals surface area contributed by atoms with Crippen LogP contribution in [0.1, 0.15) is 38.3 Å². The molecule has 1 aliphatic rings. The van der Waals surface area contributed by atoms with Gasteiger partial charge >= 0.3 is 0 Å². The number of carbonyl (C=O) groups excluding carboxylic acids is 1. The van der Waals surface area contributed by atoms with Crippen LogP contribution in [0, 0.1) is 5.41 Å². The summed E-state index contributed by atoms with van der Waals surface area (Å²) in [6.07, 6.45) is 2.30.